The number of aromatic amines is 1. The smallest absolute Gasteiger partial charge is 0.417 e. The number of phenols is 1. The van der Waals surface area contributed by atoms with Gasteiger partial charge in [0.2, 0.25) is 0 Å². The van der Waals surface area contributed by atoms with Gasteiger partial charge in [0.05, 0.1) is 17.4 Å². The summed E-state index contributed by atoms with van der Waals surface area (Å²) in [6.07, 6.45) is -0.146. The lowest BCUT2D eigenvalue weighted by Crippen LogP contribution is -2.50. The van der Waals surface area contributed by atoms with E-state index in [9.17, 15) is 23.4 Å². The number of nitrogens with zero attached hydrogens (tertiary/aromatic N) is 4. The van der Waals surface area contributed by atoms with Gasteiger partial charge in [-0.2, -0.15) is 13.2 Å². The molecule has 7 nitrogen and oxygen atoms in total. The summed E-state index contributed by atoms with van der Waals surface area (Å²) in [6.45, 7) is 3.74. The summed E-state index contributed by atoms with van der Waals surface area (Å²) in [5.74, 6) is -0.153. The van der Waals surface area contributed by atoms with E-state index in [4.69, 9.17) is 0 Å². The van der Waals surface area contributed by atoms with Gasteiger partial charge in [0.15, 0.2) is 5.60 Å². The Kier molecular flexibility index (Phi) is 7.00. The third-order valence-electron chi connectivity index (χ3n) is 6.46. The van der Waals surface area contributed by atoms with Crippen LogP contribution in [0.1, 0.15) is 37.2 Å². The molecule has 0 aliphatic carbocycles. The average Bonchev–Trinajstić information content (AvgIpc) is 3.19. The highest BCUT2D eigenvalue weighted by Crippen LogP contribution is 2.45. The molecule has 10 heteroatoms. The first kappa shape index (κ1) is 26.6. The number of aromatic hydroxyl groups is 1. The number of hydrogen-bond acceptors (Lipinski definition) is 6. The van der Waals surface area contributed by atoms with Crippen molar-refractivity contribution in [1.82, 2.24) is 24.8 Å². The summed E-state index contributed by atoms with van der Waals surface area (Å²) < 4.78 is 43.1. The summed E-state index contributed by atoms with van der Waals surface area (Å²) in [5, 5.41) is 22.4. The predicted molar refractivity (Wildman–Crippen MR) is 135 cm³/mol. The van der Waals surface area contributed by atoms with Crippen LogP contribution in [-0.4, -0.2) is 60.9 Å². The van der Waals surface area contributed by atoms with Crippen molar-refractivity contribution in [3.05, 3.63) is 72.2 Å². The molecule has 37 heavy (non-hydrogen) atoms. The van der Waals surface area contributed by atoms with Crippen LogP contribution in [0.4, 0.5) is 13.2 Å². The molecule has 1 aromatic carbocycles. The van der Waals surface area contributed by atoms with Crippen molar-refractivity contribution in [2.75, 3.05) is 14.1 Å². The molecule has 0 spiro atoms. The molecule has 3 aromatic heterocycles. The van der Waals surface area contributed by atoms with E-state index < -0.39 is 30.0 Å². The van der Waals surface area contributed by atoms with Crippen molar-refractivity contribution in [3.8, 4) is 16.9 Å². The van der Waals surface area contributed by atoms with Gasteiger partial charge in [-0.15, -0.1) is 0 Å². The number of halogens is 3. The van der Waals surface area contributed by atoms with Gasteiger partial charge in [-0.25, -0.2) is 9.97 Å². The van der Waals surface area contributed by atoms with E-state index in [1.165, 1.54) is 12.4 Å². The third-order valence-corrected chi connectivity index (χ3v) is 6.46. The lowest BCUT2D eigenvalue weighted by atomic mass is 9.72. The van der Waals surface area contributed by atoms with Gasteiger partial charge in [0.1, 0.15) is 12.1 Å². The maximum Gasteiger partial charge on any atom is 0.417 e. The van der Waals surface area contributed by atoms with Gasteiger partial charge in [0, 0.05) is 47.6 Å². The second kappa shape index (κ2) is 9.75. The van der Waals surface area contributed by atoms with Crippen LogP contribution in [0.3, 0.4) is 0 Å². The van der Waals surface area contributed by atoms with Gasteiger partial charge in [-0.3, -0.25) is 4.98 Å². The first-order valence-electron chi connectivity index (χ1n) is 11.8. The zero-order valence-electron chi connectivity index (χ0n) is 21.1. The molecule has 3 heterocycles. The molecule has 4 rings (SSSR count). The minimum atomic E-state index is -4.92. The van der Waals surface area contributed by atoms with Crippen molar-refractivity contribution in [2.24, 2.45) is 0 Å². The van der Waals surface area contributed by atoms with Crippen molar-refractivity contribution in [1.29, 1.82) is 0 Å². The molecule has 3 N–H and O–H groups in total. The number of phenolic OH excluding ortho intramolecular Hbond substituents is 1. The molecule has 4 aromatic rings. The Morgan fingerprint density at radius 1 is 0.973 bits per heavy atom. The van der Waals surface area contributed by atoms with Gasteiger partial charge >= 0.3 is 6.18 Å². The van der Waals surface area contributed by atoms with Crippen molar-refractivity contribution in [2.45, 2.75) is 50.4 Å². The number of aliphatic hydroxyl groups is 1. The van der Waals surface area contributed by atoms with E-state index in [1.807, 2.05) is 25.1 Å². The van der Waals surface area contributed by atoms with E-state index in [2.05, 4.69) is 19.9 Å². The summed E-state index contributed by atoms with van der Waals surface area (Å²) >= 11 is 0. The van der Waals surface area contributed by atoms with Crippen LogP contribution in [0, 0.1) is 0 Å². The fourth-order valence-corrected chi connectivity index (χ4v) is 4.75. The molecule has 0 saturated heterocycles. The fraction of sp³-hybridized carbons (Fsp3) is 0.370. The van der Waals surface area contributed by atoms with Crippen molar-refractivity contribution >= 4 is 10.9 Å². The Morgan fingerprint density at radius 3 is 2.32 bits per heavy atom. The molecule has 0 radical (unpaired) electrons. The SMILES string of the molecule is CN(C)Cc1cc2cc(CC(O)(CC(C)(C)c3cc(-c4cncnc4)ccc3O)C(F)(F)F)[nH]c2cn1. The zero-order valence-corrected chi connectivity index (χ0v) is 21.1. The highest BCUT2D eigenvalue weighted by molar-refractivity contribution is 5.80. The highest BCUT2D eigenvalue weighted by atomic mass is 19.4. The largest absolute Gasteiger partial charge is 0.508 e. The molecule has 0 aliphatic heterocycles. The second-order valence-electron chi connectivity index (χ2n) is 10.4. The van der Waals surface area contributed by atoms with Crippen LogP contribution in [-0.2, 0) is 18.4 Å². The molecular weight excluding hydrogens is 483 g/mol. The molecule has 0 fully saturated rings. The van der Waals surface area contributed by atoms with Gasteiger partial charge in [-0.1, -0.05) is 19.9 Å². The summed E-state index contributed by atoms with van der Waals surface area (Å²) in [5.41, 5.74) is -1.09. The van der Waals surface area contributed by atoms with E-state index >= 15 is 0 Å². The Hall–Kier alpha value is -3.50. The molecular formula is C27H30F3N5O2. The maximum atomic E-state index is 14.4. The van der Waals surface area contributed by atoms with Crippen LogP contribution in [0.25, 0.3) is 22.0 Å². The van der Waals surface area contributed by atoms with E-state index in [1.54, 1.807) is 50.6 Å². The van der Waals surface area contributed by atoms with Gasteiger partial charge < -0.3 is 20.1 Å². The van der Waals surface area contributed by atoms with Gasteiger partial charge in [-0.05, 0) is 55.8 Å². The number of hydrogen-bond donors (Lipinski definition) is 3. The fourth-order valence-electron chi connectivity index (χ4n) is 4.75. The standard InChI is InChI=1S/C27H30F3N5O2/c1-25(2,22-9-17(5-6-24(22)36)19-11-31-16-32-12-19)15-26(37,27(28,29)30)10-20-7-18-8-21(14-35(3)4)33-13-23(18)34-20/h5-9,11-13,16,34,36-37H,10,14-15H2,1-4H3. The van der Waals surface area contributed by atoms with Crippen molar-refractivity contribution in [3.63, 3.8) is 0 Å². The maximum absolute atomic E-state index is 14.4. The number of nitrogens with one attached hydrogen (secondary N) is 1. The lowest BCUT2D eigenvalue weighted by molar-refractivity contribution is -0.266. The average molecular weight is 514 g/mol. The predicted octanol–water partition coefficient (Wildman–Crippen LogP) is 4.99. The van der Waals surface area contributed by atoms with E-state index in [0.29, 0.717) is 23.2 Å². The molecule has 0 aliphatic rings. The number of aromatic nitrogens is 4. The Balaban J connectivity index is 1.66. The molecule has 196 valence electrons. The monoisotopic (exact) mass is 513 g/mol. The number of alkyl halides is 3. The first-order chi connectivity index (χ1) is 17.3. The van der Waals surface area contributed by atoms with Crippen molar-refractivity contribution < 1.29 is 23.4 Å². The molecule has 1 unspecified atom stereocenters. The molecule has 1 atom stereocenters. The lowest BCUT2D eigenvalue weighted by Gasteiger charge is -2.38. The van der Waals surface area contributed by atoms with Crippen LogP contribution >= 0.6 is 0 Å². The topological polar surface area (TPSA) is 98.2 Å². The van der Waals surface area contributed by atoms with E-state index in [0.717, 1.165) is 11.1 Å². The summed E-state index contributed by atoms with van der Waals surface area (Å²) in [7, 11) is 3.81. The molecule has 0 saturated carbocycles. The Morgan fingerprint density at radius 2 is 1.68 bits per heavy atom. The third kappa shape index (κ3) is 5.75. The Labute approximate surface area is 213 Å². The van der Waals surface area contributed by atoms with Gasteiger partial charge in [0.25, 0.3) is 0 Å². The minimum absolute atomic E-state index is 0.153. The Bertz CT molecular complexity index is 1390. The second-order valence-corrected chi connectivity index (χ2v) is 10.4. The van der Waals surface area contributed by atoms with Crippen LogP contribution in [0.5, 0.6) is 5.75 Å². The number of H-pyrrole nitrogens is 1. The summed E-state index contributed by atoms with van der Waals surface area (Å²) in [6, 6.07) is 8.14. The zero-order chi connectivity index (χ0) is 27.0. The number of benzene rings is 1. The molecule has 0 amide bonds. The van der Waals surface area contributed by atoms with Crippen LogP contribution in [0.15, 0.2) is 55.2 Å². The first-order valence-corrected chi connectivity index (χ1v) is 11.8. The number of rotatable bonds is 8. The van der Waals surface area contributed by atoms with Crippen LogP contribution in [0.2, 0.25) is 0 Å². The highest BCUT2D eigenvalue weighted by Gasteiger charge is 2.56. The molecule has 0 bridgehead atoms. The number of fused-ring (bicyclic) bond motifs is 1. The van der Waals surface area contributed by atoms with E-state index in [-0.39, 0.29) is 17.0 Å². The van der Waals surface area contributed by atoms with Crippen LogP contribution < -0.4 is 0 Å². The minimum Gasteiger partial charge on any atom is -0.508 e. The normalized spacial score (nSPS) is 14.3. The summed E-state index contributed by atoms with van der Waals surface area (Å²) in [4.78, 5) is 17.2. The quantitative estimate of drug-likeness (QED) is 0.307. The number of pyridine rings is 1.